The van der Waals surface area contributed by atoms with Gasteiger partial charge in [0.2, 0.25) is 0 Å². The van der Waals surface area contributed by atoms with E-state index in [0.717, 1.165) is 16.7 Å². The third-order valence-corrected chi connectivity index (χ3v) is 2.74. The lowest BCUT2D eigenvalue weighted by Crippen LogP contribution is -2.15. The molecule has 14 heavy (non-hydrogen) atoms. The number of phenols is 1. The fraction of sp³-hybridized carbons (Fsp3) is 0.385. The number of phenolic OH excluding ortho intramolecular Hbond substituents is 1. The summed E-state index contributed by atoms with van der Waals surface area (Å²) in [5, 5.41) is 10.00. The average molecular weight is 190 g/mol. The second kappa shape index (κ2) is 3.49. The zero-order chi connectivity index (χ0) is 10.9. The van der Waals surface area contributed by atoms with Crippen LogP contribution in [0.1, 0.15) is 30.5 Å². The van der Waals surface area contributed by atoms with E-state index < -0.39 is 0 Å². The van der Waals surface area contributed by atoms with Gasteiger partial charge in [0, 0.05) is 11.0 Å². The van der Waals surface area contributed by atoms with Crippen molar-refractivity contribution in [1.29, 1.82) is 0 Å². The van der Waals surface area contributed by atoms with Gasteiger partial charge in [0.25, 0.3) is 0 Å². The largest absolute Gasteiger partial charge is 0.507 e. The molecule has 0 aliphatic heterocycles. The first-order valence-corrected chi connectivity index (χ1v) is 4.83. The molecule has 0 fully saturated rings. The van der Waals surface area contributed by atoms with Gasteiger partial charge in [-0.3, -0.25) is 0 Å². The van der Waals surface area contributed by atoms with Crippen molar-refractivity contribution in [2.45, 2.75) is 33.1 Å². The molecule has 0 unspecified atom stereocenters. The van der Waals surface area contributed by atoms with Crippen molar-refractivity contribution in [2.24, 2.45) is 0 Å². The molecule has 0 atom stereocenters. The molecule has 0 saturated heterocycles. The van der Waals surface area contributed by atoms with Gasteiger partial charge in [0.1, 0.15) is 5.75 Å². The van der Waals surface area contributed by atoms with Crippen LogP contribution in [-0.4, -0.2) is 5.11 Å². The smallest absolute Gasteiger partial charge is 0.122 e. The van der Waals surface area contributed by atoms with E-state index in [1.807, 2.05) is 32.1 Å². The van der Waals surface area contributed by atoms with E-state index in [0.29, 0.717) is 5.75 Å². The van der Waals surface area contributed by atoms with Crippen LogP contribution < -0.4 is 0 Å². The molecule has 0 radical (unpaired) electrons. The molecule has 1 aromatic rings. The van der Waals surface area contributed by atoms with Crippen molar-refractivity contribution in [1.82, 2.24) is 0 Å². The zero-order valence-electron chi connectivity index (χ0n) is 9.39. The first-order chi connectivity index (χ1) is 6.40. The van der Waals surface area contributed by atoms with Crippen molar-refractivity contribution < 1.29 is 5.11 Å². The highest BCUT2D eigenvalue weighted by Gasteiger charge is 2.23. The third-order valence-electron chi connectivity index (χ3n) is 2.74. The maximum atomic E-state index is 10.00. The van der Waals surface area contributed by atoms with Gasteiger partial charge in [-0.2, -0.15) is 0 Å². The van der Waals surface area contributed by atoms with E-state index in [9.17, 15) is 5.11 Å². The number of hydrogen-bond donors (Lipinski definition) is 1. The minimum Gasteiger partial charge on any atom is -0.507 e. The summed E-state index contributed by atoms with van der Waals surface area (Å²) in [6, 6.07) is 3.98. The van der Waals surface area contributed by atoms with Crippen LogP contribution in [0, 0.1) is 13.8 Å². The number of aromatic hydroxyl groups is 1. The minimum atomic E-state index is -0.180. The van der Waals surface area contributed by atoms with Crippen LogP contribution in [0.25, 0.3) is 0 Å². The lowest BCUT2D eigenvalue weighted by Gasteiger charge is -2.24. The van der Waals surface area contributed by atoms with Crippen LogP contribution in [0.2, 0.25) is 0 Å². The molecule has 76 valence electrons. The van der Waals surface area contributed by atoms with Crippen LogP contribution in [0.5, 0.6) is 5.75 Å². The van der Waals surface area contributed by atoms with Crippen LogP contribution >= 0.6 is 0 Å². The summed E-state index contributed by atoms with van der Waals surface area (Å²) in [6.45, 7) is 11.9. The van der Waals surface area contributed by atoms with Crippen molar-refractivity contribution in [3.05, 3.63) is 41.5 Å². The van der Waals surface area contributed by atoms with Crippen molar-refractivity contribution in [3.8, 4) is 5.75 Å². The molecule has 0 aliphatic carbocycles. The minimum absolute atomic E-state index is 0.180. The van der Waals surface area contributed by atoms with E-state index in [1.165, 1.54) is 0 Å². The molecular weight excluding hydrogens is 172 g/mol. The fourth-order valence-electron chi connectivity index (χ4n) is 1.71. The highest BCUT2D eigenvalue weighted by Crippen LogP contribution is 2.36. The normalized spacial score (nSPS) is 11.4. The van der Waals surface area contributed by atoms with Gasteiger partial charge in [-0.25, -0.2) is 0 Å². The molecule has 0 saturated carbocycles. The molecule has 1 rings (SSSR count). The van der Waals surface area contributed by atoms with Gasteiger partial charge in [-0.05, 0) is 25.0 Å². The molecule has 1 aromatic carbocycles. The first kappa shape index (κ1) is 10.8. The van der Waals surface area contributed by atoms with Gasteiger partial charge in [-0.15, -0.1) is 6.58 Å². The Hall–Kier alpha value is -1.24. The van der Waals surface area contributed by atoms with Gasteiger partial charge in [0.05, 0.1) is 0 Å². The summed E-state index contributed by atoms with van der Waals surface area (Å²) in [6.07, 6.45) is 1.87. The summed E-state index contributed by atoms with van der Waals surface area (Å²) < 4.78 is 0. The van der Waals surface area contributed by atoms with Gasteiger partial charge in [-0.1, -0.05) is 32.1 Å². The van der Waals surface area contributed by atoms with Crippen molar-refractivity contribution in [3.63, 3.8) is 0 Å². The van der Waals surface area contributed by atoms with E-state index in [1.54, 1.807) is 0 Å². The highest BCUT2D eigenvalue weighted by molar-refractivity contribution is 5.50. The van der Waals surface area contributed by atoms with Crippen LogP contribution in [0.15, 0.2) is 24.8 Å². The number of rotatable bonds is 2. The predicted molar refractivity (Wildman–Crippen MR) is 60.8 cm³/mol. The van der Waals surface area contributed by atoms with Crippen molar-refractivity contribution in [2.75, 3.05) is 0 Å². The Kier molecular flexibility index (Phi) is 2.70. The SMILES string of the molecule is C=CC(C)(C)c1c(C)ccc(C)c1O. The second-order valence-corrected chi connectivity index (χ2v) is 4.35. The summed E-state index contributed by atoms with van der Waals surface area (Å²) in [5.41, 5.74) is 2.83. The molecule has 0 amide bonds. The Morgan fingerprint density at radius 1 is 1.21 bits per heavy atom. The average Bonchev–Trinajstić information content (AvgIpc) is 2.12. The van der Waals surface area contributed by atoms with Gasteiger partial charge >= 0.3 is 0 Å². The highest BCUT2D eigenvalue weighted by atomic mass is 16.3. The molecular formula is C13H18O. The standard InChI is InChI=1S/C13H18O/c1-6-13(4,5)11-9(2)7-8-10(3)12(11)14/h6-8,14H,1H2,2-5H3. The Labute approximate surface area is 86.1 Å². The molecule has 0 spiro atoms. The Morgan fingerprint density at radius 3 is 2.21 bits per heavy atom. The molecule has 0 heterocycles. The lowest BCUT2D eigenvalue weighted by molar-refractivity contribution is 0.450. The van der Waals surface area contributed by atoms with E-state index in [-0.39, 0.29) is 5.41 Å². The predicted octanol–water partition coefficient (Wildman–Crippen LogP) is 3.47. The fourth-order valence-corrected chi connectivity index (χ4v) is 1.71. The van der Waals surface area contributed by atoms with Gasteiger partial charge in [0.15, 0.2) is 0 Å². The van der Waals surface area contributed by atoms with E-state index in [4.69, 9.17) is 0 Å². The number of allylic oxidation sites excluding steroid dienone is 1. The molecule has 0 aromatic heterocycles. The maximum absolute atomic E-state index is 10.00. The lowest BCUT2D eigenvalue weighted by atomic mass is 9.81. The molecule has 1 heteroatoms. The molecule has 0 bridgehead atoms. The van der Waals surface area contributed by atoms with Crippen LogP contribution in [0.3, 0.4) is 0 Å². The second-order valence-electron chi connectivity index (χ2n) is 4.35. The molecule has 1 N–H and O–H groups in total. The summed E-state index contributed by atoms with van der Waals surface area (Å²) >= 11 is 0. The summed E-state index contributed by atoms with van der Waals surface area (Å²) in [7, 11) is 0. The zero-order valence-corrected chi connectivity index (χ0v) is 9.39. The quantitative estimate of drug-likeness (QED) is 0.708. The number of hydrogen-bond acceptors (Lipinski definition) is 1. The van der Waals surface area contributed by atoms with Crippen LogP contribution in [-0.2, 0) is 5.41 Å². The summed E-state index contributed by atoms with van der Waals surface area (Å²) in [4.78, 5) is 0. The van der Waals surface area contributed by atoms with Crippen LogP contribution in [0.4, 0.5) is 0 Å². The van der Waals surface area contributed by atoms with Gasteiger partial charge < -0.3 is 5.11 Å². The number of aryl methyl sites for hydroxylation is 2. The van der Waals surface area contributed by atoms with E-state index in [2.05, 4.69) is 20.4 Å². The van der Waals surface area contributed by atoms with E-state index >= 15 is 0 Å². The maximum Gasteiger partial charge on any atom is 0.122 e. The third kappa shape index (κ3) is 1.67. The Balaban J connectivity index is 3.47. The van der Waals surface area contributed by atoms with Crippen molar-refractivity contribution >= 4 is 0 Å². The topological polar surface area (TPSA) is 20.2 Å². The summed E-state index contributed by atoms with van der Waals surface area (Å²) in [5.74, 6) is 0.398. The molecule has 1 nitrogen and oxygen atoms in total. The Morgan fingerprint density at radius 2 is 1.71 bits per heavy atom. The number of benzene rings is 1. The Bertz CT molecular complexity index is 362. The monoisotopic (exact) mass is 190 g/mol. The first-order valence-electron chi connectivity index (χ1n) is 4.83. The molecule has 0 aliphatic rings.